The Morgan fingerprint density at radius 3 is 2.29 bits per heavy atom. The normalized spacial score (nSPS) is 10.8. The van der Waals surface area contributed by atoms with E-state index in [1.54, 1.807) is 0 Å². The molecule has 1 amide bonds. The lowest BCUT2D eigenvalue weighted by atomic mass is 9.96. The fraction of sp³-hybridized carbons (Fsp3) is 0.120. The number of rotatable bonds is 4. The molecule has 1 N–H and O–H groups in total. The van der Waals surface area contributed by atoms with Crippen LogP contribution in [0.1, 0.15) is 27.0 Å². The predicted octanol–water partition coefficient (Wildman–Crippen LogP) is 5.45. The molecule has 0 fully saturated rings. The van der Waals surface area contributed by atoms with E-state index in [0.717, 1.165) is 38.9 Å². The van der Waals surface area contributed by atoms with Crippen LogP contribution < -0.4 is 5.32 Å². The number of nitrogens with zero attached hydrogens (tertiary/aromatic N) is 1. The van der Waals surface area contributed by atoms with Crippen LogP contribution >= 0.6 is 0 Å². The Labute approximate surface area is 165 Å². The summed E-state index contributed by atoms with van der Waals surface area (Å²) in [5.41, 5.74) is 6.48. The van der Waals surface area contributed by atoms with Crippen molar-refractivity contribution in [2.24, 2.45) is 0 Å². The van der Waals surface area contributed by atoms with Crippen LogP contribution in [0, 0.1) is 13.8 Å². The molecule has 0 aliphatic heterocycles. The standard InChI is InChI=1S/C25H22N2O/c1-17-13-14-22-21(15-17)23(25(28)26-16-19-9-5-3-6-10-19)18(2)24(27-22)20-11-7-4-8-12-20/h3-15H,16H2,1-2H3,(H,26,28). The summed E-state index contributed by atoms with van der Waals surface area (Å²) in [7, 11) is 0. The third-order valence-corrected chi connectivity index (χ3v) is 4.95. The maximum atomic E-state index is 13.2. The summed E-state index contributed by atoms with van der Waals surface area (Å²) < 4.78 is 0. The topological polar surface area (TPSA) is 42.0 Å². The molecule has 1 aromatic heterocycles. The predicted molar refractivity (Wildman–Crippen MR) is 114 cm³/mol. The zero-order chi connectivity index (χ0) is 19.5. The largest absolute Gasteiger partial charge is 0.348 e. The minimum absolute atomic E-state index is 0.0727. The Hall–Kier alpha value is -3.46. The van der Waals surface area contributed by atoms with Crippen molar-refractivity contribution in [3.8, 4) is 11.3 Å². The highest BCUT2D eigenvalue weighted by Crippen LogP contribution is 2.30. The molecule has 3 heteroatoms. The van der Waals surface area contributed by atoms with Gasteiger partial charge in [-0.05, 0) is 37.1 Å². The second kappa shape index (κ2) is 7.65. The van der Waals surface area contributed by atoms with Gasteiger partial charge in [0.15, 0.2) is 0 Å². The van der Waals surface area contributed by atoms with Crippen molar-refractivity contribution in [3.05, 3.63) is 101 Å². The van der Waals surface area contributed by atoms with Crippen LogP contribution in [0.3, 0.4) is 0 Å². The number of amides is 1. The molecule has 1 heterocycles. The zero-order valence-corrected chi connectivity index (χ0v) is 16.1. The monoisotopic (exact) mass is 366 g/mol. The molecular formula is C25H22N2O. The molecule has 0 aliphatic carbocycles. The Bertz CT molecular complexity index is 1140. The lowest BCUT2D eigenvalue weighted by Gasteiger charge is -2.15. The van der Waals surface area contributed by atoms with Gasteiger partial charge in [0.2, 0.25) is 0 Å². The molecule has 4 rings (SSSR count). The molecule has 0 spiro atoms. The summed E-state index contributed by atoms with van der Waals surface area (Å²) >= 11 is 0. The molecule has 4 aromatic rings. The van der Waals surface area contributed by atoms with Crippen LogP contribution in [0.5, 0.6) is 0 Å². The molecule has 3 aromatic carbocycles. The third kappa shape index (κ3) is 3.52. The molecule has 0 aliphatic rings. The van der Waals surface area contributed by atoms with Crippen molar-refractivity contribution in [2.75, 3.05) is 0 Å². The van der Waals surface area contributed by atoms with Gasteiger partial charge in [-0.25, -0.2) is 4.98 Å². The van der Waals surface area contributed by atoms with Gasteiger partial charge in [0, 0.05) is 17.5 Å². The minimum atomic E-state index is -0.0727. The second-order valence-electron chi connectivity index (χ2n) is 7.02. The van der Waals surface area contributed by atoms with Gasteiger partial charge >= 0.3 is 0 Å². The number of fused-ring (bicyclic) bond motifs is 1. The Balaban J connectivity index is 1.81. The van der Waals surface area contributed by atoms with E-state index in [0.29, 0.717) is 12.1 Å². The number of nitrogens with one attached hydrogen (secondary N) is 1. The van der Waals surface area contributed by atoms with Crippen LogP contribution in [-0.2, 0) is 6.54 Å². The average molecular weight is 366 g/mol. The smallest absolute Gasteiger partial charge is 0.252 e. The number of carbonyl (C=O) groups excluding carboxylic acids is 1. The van der Waals surface area contributed by atoms with Gasteiger partial charge in [0.1, 0.15) is 0 Å². The van der Waals surface area contributed by atoms with Crippen molar-refractivity contribution in [1.29, 1.82) is 0 Å². The van der Waals surface area contributed by atoms with Gasteiger partial charge in [-0.15, -0.1) is 0 Å². The van der Waals surface area contributed by atoms with Gasteiger partial charge < -0.3 is 5.32 Å². The minimum Gasteiger partial charge on any atom is -0.348 e. The average Bonchev–Trinajstić information content (AvgIpc) is 2.73. The molecule has 0 saturated heterocycles. The highest BCUT2D eigenvalue weighted by molar-refractivity contribution is 6.09. The molecule has 0 bridgehead atoms. The summed E-state index contributed by atoms with van der Waals surface area (Å²) in [5, 5.41) is 3.97. The number of hydrogen-bond donors (Lipinski definition) is 1. The molecule has 0 atom stereocenters. The lowest BCUT2D eigenvalue weighted by Crippen LogP contribution is -2.24. The van der Waals surface area contributed by atoms with Crippen molar-refractivity contribution < 1.29 is 4.79 Å². The molecule has 138 valence electrons. The number of pyridine rings is 1. The molecule has 0 radical (unpaired) electrons. The van der Waals surface area contributed by atoms with Gasteiger partial charge in [-0.3, -0.25) is 4.79 Å². The summed E-state index contributed by atoms with van der Waals surface area (Å²) in [6, 6.07) is 26.0. The Morgan fingerprint density at radius 2 is 1.57 bits per heavy atom. The Kier molecular flexibility index (Phi) is 4.90. The van der Waals surface area contributed by atoms with E-state index < -0.39 is 0 Å². The van der Waals surface area contributed by atoms with E-state index in [1.807, 2.05) is 92.7 Å². The van der Waals surface area contributed by atoms with Crippen molar-refractivity contribution in [3.63, 3.8) is 0 Å². The van der Waals surface area contributed by atoms with Crippen LogP contribution in [0.2, 0.25) is 0 Å². The van der Waals surface area contributed by atoms with Crippen molar-refractivity contribution in [2.45, 2.75) is 20.4 Å². The van der Waals surface area contributed by atoms with Gasteiger partial charge in [-0.1, -0.05) is 72.3 Å². The first-order valence-electron chi connectivity index (χ1n) is 9.42. The van der Waals surface area contributed by atoms with E-state index in [9.17, 15) is 4.79 Å². The number of aromatic nitrogens is 1. The summed E-state index contributed by atoms with van der Waals surface area (Å²) in [6.45, 7) is 4.51. The maximum Gasteiger partial charge on any atom is 0.252 e. The number of aryl methyl sites for hydroxylation is 1. The maximum absolute atomic E-state index is 13.2. The molecule has 28 heavy (non-hydrogen) atoms. The van der Waals surface area contributed by atoms with Crippen molar-refractivity contribution >= 4 is 16.8 Å². The number of benzene rings is 3. The number of hydrogen-bond acceptors (Lipinski definition) is 2. The van der Waals surface area contributed by atoms with E-state index >= 15 is 0 Å². The first-order valence-corrected chi connectivity index (χ1v) is 9.42. The summed E-state index contributed by atoms with van der Waals surface area (Å²) in [5.74, 6) is -0.0727. The van der Waals surface area contributed by atoms with Gasteiger partial charge in [0.05, 0.1) is 16.8 Å². The van der Waals surface area contributed by atoms with Gasteiger partial charge in [0.25, 0.3) is 5.91 Å². The molecule has 3 nitrogen and oxygen atoms in total. The lowest BCUT2D eigenvalue weighted by molar-refractivity contribution is 0.0952. The van der Waals surface area contributed by atoms with Crippen LogP contribution in [0.15, 0.2) is 78.9 Å². The van der Waals surface area contributed by atoms with E-state index in [1.165, 1.54) is 0 Å². The first kappa shape index (κ1) is 17.9. The molecular weight excluding hydrogens is 344 g/mol. The SMILES string of the molecule is Cc1ccc2nc(-c3ccccc3)c(C)c(C(=O)NCc3ccccc3)c2c1. The number of carbonyl (C=O) groups is 1. The highest BCUT2D eigenvalue weighted by atomic mass is 16.1. The second-order valence-corrected chi connectivity index (χ2v) is 7.02. The fourth-order valence-corrected chi connectivity index (χ4v) is 3.51. The van der Waals surface area contributed by atoms with E-state index in [4.69, 9.17) is 4.98 Å². The Morgan fingerprint density at radius 1 is 0.893 bits per heavy atom. The van der Waals surface area contributed by atoms with Crippen LogP contribution in [-0.4, -0.2) is 10.9 Å². The first-order chi connectivity index (χ1) is 13.6. The summed E-state index contributed by atoms with van der Waals surface area (Å²) in [4.78, 5) is 18.1. The fourth-order valence-electron chi connectivity index (χ4n) is 3.51. The third-order valence-electron chi connectivity index (χ3n) is 4.95. The molecule has 0 unspecified atom stereocenters. The highest BCUT2D eigenvalue weighted by Gasteiger charge is 2.19. The van der Waals surface area contributed by atoms with Crippen molar-refractivity contribution in [1.82, 2.24) is 10.3 Å². The summed E-state index contributed by atoms with van der Waals surface area (Å²) in [6.07, 6.45) is 0. The quantitative estimate of drug-likeness (QED) is 0.522. The van der Waals surface area contributed by atoms with E-state index in [-0.39, 0.29) is 5.91 Å². The van der Waals surface area contributed by atoms with Crippen LogP contribution in [0.4, 0.5) is 0 Å². The zero-order valence-electron chi connectivity index (χ0n) is 16.1. The molecule has 0 saturated carbocycles. The van der Waals surface area contributed by atoms with E-state index in [2.05, 4.69) is 5.32 Å². The van der Waals surface area contributed by atoms with Crippen LogP contribution in [0.25, 0.3) is 22.2 Å². The van der Waals surface area contributed by atoms with Gasteiger partial charge in [-0.2, -0.15) is 0 Å².